The summed E-state index contributed by atoms with van der Waals surface area (Å²) in [5, 5.41) is 2.22. The lowest BCUT2D eigenvalue weighted by Gasteiger charge is -2.19. The van der Waals surface area contributed by atoms with Gasteiger partial charge in [-0.05, 0) is 20.3 Å². The van der Waals surface area contributed by atoms with Crippen LogP contribution in [-0.4, -0.2) is 53.8 Å². The molecule has 10 heteroatoms. The summed E-state index contributed by atoms with van der Waals surface area (Å²) in [6.45, 7) is 7.77. The first-order valence-electron chi connectivity index (χ1n) is 7.41. The van der Waals surface area contributed by atoms with Gasteiger partial charge in [0.1, 0.15) is 6.04 Å². The molecule has 1 amide bonds. The van der Waals surface area contributed by atoms with Gasteiger partial charge >= 0.3 is 24.2 Å². The van der Waals surface area contributed by atoms with Crippen LogP contribution in [0.1, 0.15) is 33.6 Å². The van der Waals surface area contributed by atoms with Gasteiger partial charge in [-0.25, -0.2) is 14.4 Å². The first kappa shape index (κ1) is 22.0. The number of alkyl carbamates (subject to hydrolysis) is 1. The lowest BCUT2D eigenvalue weighted by atomic mass is 10.1. The van der Waals surface area contributed by atoms with E-state index in [1.54, 1.807) is 6.92 Å². The van der Waals surface area contributed by atoms with Crippen LogP contribution in [0.25, 0.3) is 5.53 Å². The number of hydrogen-bond donors (Lipinski definition) is 1. The fraction of sp³-hybridized carbons (Fsp3) is 0.533. The molecule has 2 unspecified atom stereocenters. The fourth-order valence-electron chi connectivity index (χ4n) is 1.51. The zero-order valence-corrected chi connectivity index (χ0v) is 14.3. The maximum Gasteiger partial charge on any atom is 0.410 e. The van der Waals surface area contributed by atoms with Crippen molar-refractivity contribution in [3.05, 3.63) is 17.7 Å². The number of nitrogens with one attached hydrogen (secondary N) is 1. The number of amides is 1. The van der Waals surface area contributed by atoms with Crippen molar-refractivity contribution in [2.24, 2.45) is 0 Å². The molecule has 0 saturated carbocycles. The van der Waals surface area contributed by atoms with Crippen molar-refractivity contribution in [3.63, 3.8) is 0 Å². The Labute approximate surface area is 144 Å². The maximum absolute atomic E-state index is 11.8. The van der Waals surface area contributed by atoms with E-state index in [0.717, 1.165) is 0 Å². The van der Waals surface area contributed by atoms with Crippen LogP contribution in [0.4, 0.5) is 4.79 Å². The SMILES string of the molecule is C=C(C)C(=O)OC(C)OC(=O)NC(CCC(=O)C=[N+]=[N-])C(=O)OCC. The van der Waals surface area contributed by atoms with Crippen molar-refractivity contribution >= 4 is 30.0 Å². The van der Waals surface area contributed by atoms with Gasteiger partial charge in [-0.2, -0.15) is 4.79 Å². The summed E-state index contributed by atoms with van der Waals surface area (Å²) in [5.41, 5.74) is 8.40. The Kier molecular flexibility index (Phi) is 10.1. The van der Waals surface area contributed by atoms with Crippen molar-refractivity contribution in [2.75, 3.05) is 6.61 Å². The summed E-state index contributed by atoms with van der Waals surface area (Å²) < 4.78 is 14.4. The number of hydrogen-bond acceptors (Lipinski definition) is 7. The summed E-state index contributed by atoms with van der Waals surface area (Å²) >= 11 is 0. The van der Waals surface area contributed by atoms with Crippen molar-refractivity contribution < 1.29 is 38.2 Å². The molecule has 0 aromatic heterocycles. The largest absolute Gasteiger partial charge is 0.464 e. The average Bonchev–Trinajstić information content (AvgIpc) is 2.51. The Morgan fingerprint density at radius 1 is 1.28 bits per heavy atom. The molecule has 25 heavy (non-hydrogen) atoms. The van der Waals surface area contributed by atoms with E-state index in [1.807, 2.05) is 0 Å². The normalized spacial score (nSPS) is 12.0. The van der Waals surface area contributed by atoms with Crippen LogP contribution in [0, 0.1) is 0 Å². The van der Waals surface area contributed by atoms with E-state index >= 15 is 0 Å². The number of ketones is 1. The second-order valence-electron chi connectivity index (χ2n) is 4.86. The standard InChI is InChI=1S/C15H21N3O7/c1-5-23-14(21)12(7-6-11(19)8-17-16)18-15(22)25-10(4)24-13(20)9(2)3/h8,10,12H,2,5-7H2,1,3-4H3,(H,18,22). The van der Waals surface area contributed by atoms with E-state index in [-0.39, 0.29) is 25.0 Å². The number of carbonyl (C=O) groups is 4. The van der Waals surface area contributed by atoms with Crippen molar-refractivity contribution in [1.29, 1.82) is 0 Å². The monoisotopic (exact) mass is 355 g/mol. The highest BCUT2D eigenvalue weighted by atomic mass is 16.7. The van der Waals surface area contributed by atoms with Gasteiger partial charge in [0, 0.05) is 18.9 Å². The first-order valence-corrected chi connectivity index (χ1v) is 7.41. The van der Waals surface area contributed by atoms with Gasteiger partial charge in [0.25, 0.3) is 0 Å². The Morgan fingerprint density at radius 3 is 2.44 bits per heavy atom. The van der Waals surface area contributed by atoms with E-state index < -0.39 is 36.1 Å². The predicted molar refractivity (Wildman–Crippen MR) is 84.3 cm³/mol. The van der Waals surface area contributed by atoms with Gasteiger partial charge in [0.05, 0.1) is 6.61 Å². The van der Waals surface area contributed by atoms with Crippen molar-refractivity contribution in [2.45, 2.75) is 45.9 Å². The van der Waals surface area contributed by atoms with E-state index in [0.29, 0.717) is 6.21 Å². The minimum absolute atomic E-state index is 0.0741. The van der Waals surface area contributed by atoms with Gasteiger partial charge < -0.3 is 25.1 Å². The number of ether oxygens (including phenoxy) is 3. The van der Waals surface area contributed by atoms with Crippen LogP contribution >= 0.6 is 0 Å². The third-order valence-corrected chi connectivity index (χ3v) is 2.64. The van der Waals surface area contributed by atoms with E-state index in [1.165, 1.54) is 13.8 Å². The highest BCUT2D eigenvalue weighted by molar-refractivity contribution is 6.25. The van der Waals surface area contributed by atoms with Crippen molar-refractivity contribution in [1.82, 2.24) is 5.32 Å². The second kappa shape index (κ2) is 11.5. The molecule has 0 aliphatic heterocycles. The van der Waals surface area contributed by atoms with Gasteiger partial charge in [0.2, 0.25) is 12.1 Å². The third kappa shape index (κ3) is 9.67. The highest BCUT2D eigenvalue weighted by Gasteiger charge is 2.25. The Balaban J connectivity index is 4.70. The van der Waals surface area contributed by atoms with Gasteiger partial charge in [0.15, 0.2) is 0 Å². The summed E-state index contributed by atoms with van der Waals surface area (Å²) in [6.07, 6.45) is -1.84. The van der Waals surface area contributed by atoms with Crippen LogP contribution in [-0.2, 0) is 28.6 Å². The van der Waals surface area contributed by atoms with E-state index in [2.05, 4.69) is 16.7 Å². The topological polar surface area (TPSA) is 144 Å². The molecule has 0 bridgehead atoms. The molecule has 2 atom stereocenters. The quantitative estimate of drug-likeness (QED) is 0.152. The summed E-state index contributed by atoms with van der Waals surface area (Å²) in [6, 6.07) is -1.16. The average molecular weight is 355 g/mol. The molecular formula is C15H21N3O7. The lowest BCUT2D eigenvalue weighted by Crippen LogP contribution is -2.43. The van der Waals surface area contributed by atoms with Gasteiger partial charge in [-0.1, -0.05) is 6.58 Å². The molecular weight excluding hydrogens is 334 g/mol. The molecule has 0 radical (unpaired) electrons. The molecule has 1 N–H and O–H groups in total. The van der Waals surface area contributed by atoms with Crippen LogP contribution < -0.4 is 5.32 Å². The van der Waals surface area contributed by atoms with Crippen LogP contribution in [0.5, 0.6) is 0 Å². The molecule has 10 nitrogen and oxygen atoms in total. The Bertz CT molecular complexity index is 582. The highest BCUT2D eigenvalue weighted by Crippen LogP contribution is 2.04. The number of rotatable bonds is 10. The molecule has 0 heterocycles. The second-order valence-corrected chi connectivity index (χ2v) is 4.86. The molecule has 138 valence electrons. The zero-order chi connectivity index (χ0) is 19.4. The molecule has 0 aliphatic carbocycles. The van der Waals surface area contributed by atoms with Crippen molar-refractivity contribution in [3.8, 4) is 0 Å². The maximum atomic E-state index is 11.8. The molecule has 0 rings (SSSR count). The van der Waals surface area contributed by atoms with Crippen LogP contribution in [0.3, 0.4) is 0 Å². The van der Waals surface area contributed by atoms with Crippen LogP contribution in [0.2, 0.25) is 0 Å². The molecule has 0 spiro atoms. The molecule has 0 aliphatic rings. The molecule has 0 aromatic carbocycles. The molecule has 0 aromatic rings. The van der Waals surface area contributed by atoms with E-state index in [4.69, 9.17) is 19.7 Å². The predicted octanol–water partition coefficient (Wildman–Crippen LogP) is 0.759. The lowest BCUT2D eigenvalue weighted by molar-refractivity contribution is -0.160. The Morgan fingerprint density at radius 2 is 1.92 bits per heavy atom. The van der Waals surface area contributed by atoms with Gasteiger partial charge in [-0.15, -0.1) is 0 Å². The van der Waals surface area contributed by atoms with Crippen LogP contribution in [0.15, 0.2) is 12.2 Å². The minimum Gasteiger partial charge on any atom is -0.464 e. The minimum atomic E-state index is -1.21. The van der Waals surface area contributed by atoms with Gasteiger partial charge in [-0.3, -0.25) is 4.79 Å². The smallest absolute Gasteiger partial charge is 0.410 e. The molecule has 0 saturated heterocycles. The third-order valence-electron chi connectivity index (χ3n) is 2.64. The number of carbonyl (C=O) groups excluding carboxylic acids is 4. The number of esters is 2. The fourth-order valence-corrected chi connectivity index (χ4v) is 1.51. The molecule has 0 fully saturated rings. The first-order chi connectivity index (χ1) is 11.7. The Hall–Kier alpha value is -3.00. The summed E-state index contributed by atoms with van der Waals surface area (Å²) in [5.74, 6) is -2.05. The summed E-state index contributed by atoms with van der Waals surface area (Å²) in [7, 11) is 0. The number of nitrogens with zero attached hydrogens (tertiary/aromatic N) is 2. The number of Topliss-reactive ketones (excluding diaryl/α,β-unsaturated/α-hetero) is 1. The summed E-state index contributed by atoms with van der Waals surface area (Å²) in [4.78, 5) is 48.8. The zero-order valence-electron chi connectivity index (χ0n) is 14.3. The van der Waals surface area contributed by atoms with E-state index in [9.17, 15) is 19.2 Å².